The first kappa shape index (κ1) is 37.5. The lowest BCUT2D eigenvalue weighted by atomic mass is 9.85. The summed E-state index contributed by atoms with van der Waals surface area (Å²) in [7, 11) is 1.39. The highest BCUT2D eigenvalue weighted by molar-refractivity contribution is 5.90. The lowest BCUT2D eigenvalue weighted by Crippen LogP contribution is -2.23. The minimum Gasteiger partial charge on any atom is -0.493 e. The first-order chi connectivity index (χ1) is 22.7. The number of allylic oxidation sites excluding steroid dienone is 2. The van der Waals surface area contributed by atoms with Gasteiger partial charge in [-0.25, -0.2) is 4.79 Å². The van der Waals surface area contributed by atoms with Crippen molar-refractivity contribution in [1.29, 1.82) is 0 Å². The topological polar surface area (TPSA) is 175 Å². The Labute approximate surface area is 275 Å². The van der Waals surface area contributed by atoms with E-state index in [0.29, 0.717) is 57.8 Å². The van der Waals surface area contributed by atoms with Gasteiger partial charge in [0.15, 0.2) is 11.5 Å². The number of aliphatic hydroxyl groups is 3. The van der Waals surface area contributed by atoms with Crippen LogP contribution in [0.4, 0.5) is 0 Å². The summed E-state index contributed by atoms with van der Waals surface area (Å²) in [6.07, 6.45) is 8.01. The molecular formula is C35H47NO11. The van der Waals surface area contributed by atoms with Gasteiger partial charge in [0.25, 0.3) is 5.09 Å². The third kappa shape index (κ3) is 13.3. The Kier molecular flexibility index (Phi) is 16.2. The Morgan fingerprint density at radius 1 is 0.979 bits per heavy atom. The molecule has 1 saturated carbocycles. The van der Waals surface area contributed by atoms with Gasteiger partial charge in [0.2, 0.25) is 0 Å². The fourth-order valence-corrected chi connectivity index (χ4v) is 5.79. The van der Waals surface area contributed by atoms with Crippen LogP contribution in [-0.4, -0.2) is 71.0 Å². The molecule has 258 valence electrons. The number of hydrogen-bond acceptors (Lipinski definition) is 11. The molecule has 3 rings (SSSR count). The molecule has 0 spiro atoms. The van der Waals surface area contributed by atoms with E-state index in [4.69, 9.17) is 14.2 Å². The van der Waals surface area contributed by atoms with Gasteiger partial charge >= 0.3 is 11.9 Å². The lowest BCUT2D eigenvalue weighted by molar-refractivity contribution is -0.757. The van der Waals surface area contributed by atoms with Crippen molar-refractivity contribution in [2.45, 2.75) is 88.9 Å². The molecule has 12 heteroatoms. The maximum atomic E-state index is 12.5. The largest absolute Gasteiger partial charge is 0.493 e. The fourth-order valence-electron chi connectivity index (χ4n) is 5.79. The number of methoxy groups -OCH3 is 1. The highest BCUT2D eigenvalue weighted by Crippen LogP contribution is 2.38. The van der Waals surface area contributed by atoms with Crippen molar-refractivity contribution in [3.8, 4) is 11.5 Å². The molecule has 12 nitrogen and oxygen atoms in total. The van der Waals surface area contributed by atoms with Crippen molar-refractivity contribution in [2.75, 3.05) is 20.3 Å². The van der Waals surface area contributed by atoms with Crippen LogP contribution in [0.25, 0.3) is 0 Å². The third-order valence-electron chi connectivity index (χ3n) is 8.38. The Morgan fingerprint density at radius 2 is 1.72 bits per heavy atom. The number of esters is 2. The van der Waals surface area contributed by atoms with E-state index in [1.807, 2.05) is 42.5 Å². The van der Waals surface area contributed by atoms with Crippen LogP contribution in [0.2, 0.25) is 0 Å². The van der Waals surface area contributed by atoms with E-state index in [9.17, 15) is 35.0 Å². The SMILES string of the molecule is COc1cc(C(=O)OCCCCO[N+](=O)[O-])ccc1OC(=O)CCCC=CC[C@@H]1[C@@H](CC[C@@H](O)CCc2ccccc2)[C@H](O)C[C@@H]1O. The molecule has 0 heterocycles. The number of rotatable bonds is 21. The average molecular weight is 658 g/mol. The Morgan fingerprint density at radius 3 is 2.47 bits per heavy atom. The summed E-state index contributed by atoms with van der Waals surface area (Å²) in [6.45, 7) is -0.00936. The quantitative estimate of drug-likeness (QED) is 0.0412. The van der Waals surface area contributed by atoms with Crippen molar-refractivity contribution in [3.05, 3.63) is 81.9 Å². The summed E-state index contributed by atoms with van der Waals surface area (Å²) in [5.74, 6) is -0.860. The minimum absolute atomic E-state index is 0.0664. The number of aryl methyl sites for hydroxylation is 1. The van der Waals surface area contributed by atoms with Gasteiger partial charge in [-0.1, -0.05) is 42.5 Å². The summed E-state index contributed by atoms with van der Waals surface area (Å²) < 4.78 is 15.9. The van der Waals surface area contributed by atoms with Crippen LogP contribution in [0.3, 0.4) is 0 Å². The summed E-state index contributed by atoms with van der Waals surface area (Å²) in [4.78, 5) is 39.1. The van der Waals surface area contributed by atoms with Gasteiger partial charge in [-0.3, -0.25) is 4.79 Å². The van der Waals surface area contributed by atoms with Gasteiger partial charge in [0, 0.05) is 6.42 Å². The van der Waals surface area contributed by atoms with Crippen LogP contribution in [0.15, 0.2) is 60.7 Å². The standard InChI is InChI=1S/C35H47NO11/c1-44-33-23-26(35(41)45-21-9-10-22-46-36(42)43)16-20-32(33)47-34(40)14-8-3-2-7-13-28-29(31(39)24-30(28)38)19-18-27(37)17-15-25-11-5-4-6-12-25/h2,4-7,11-12,16,20,23,27-31,37-39H,3,8-10,13-15,17-19,21-22,24H2,1H3/t27-,28+,29+,30-,31+/m0/s1. The normalized spacial score (nSPS) is 19.7. The number of carbonyl (C=O) groups excluding carboxylic acids is 2. The number of ether oxygens (including phenoxy) is 3. The van der Waals surface area contributed by atoms with Gasteiger partial charge in [0.05, 0.1) is 44.2 Å². The Balaban J connectivity index is 1.35. The number of nitrogens with zero attached hydrogens (tertiary/aromatic N) is 1. The summed E-state index contributed by atoms with van der Waals surface area (Å²) in [6, 6.07) is 14.4. The highest BCUT2D eigenvalue weighted by Gasteiger charge is 2.40. The van der Waals surface area contributed by atoms with E-state index < -0.39 is 35.3 Å². The second-order valence-corrected chi connectivity index (χ2v) is 11.8. The molecule has 0 bridgehead atoms. The van der Waals surface area contributed by atoms with E-state index in [-0.39, 0.29) is 48.5 Å². The van der Waals surface area contributed by atoms with Crippen LogP contribution in [0.5, 0.6) is 11.5 Å². The third-order valence-corrected chi connectivity index (χ3v) is 8.38. The molecule has 1 fully saturated rings. The zero-order valence-electron chi connectivity index (χ0n) is 26.9. The van der Waals surface area contributed by atoms with Crippen LogP contribution >= 0.6 is 0 Å². The molecule has 0 saturated heterocycles. The molecule has 0 amide bonds. The van der Waals surface area contributed by atoms with E-state index in [0.717, 1.165) is 6.42 Å². The van der Waals surface area contributed by atoms with Gasteiger partial charge in [-0.2, -0.15) is 0 Å². The van der Waals surface area contributed by atoms with E-state index >= 15 is 0 Å². The maximum absolute atomic E-state index is 12.5. The van der Waals surface area contributed by atoms with Crippen LogP contribution < -0.4 is 9.47 Å². The molecule has 2 aromatic carbocycles. The molecule has 3 N–H and O–H groups in total. The average Bonchev–Trinajstić information content (AvgIpc) is 3.33. The smallest absolute Gasteiger partial charge is 0.338 e. The molecule has 0 unspecified atom stereocenters. The van der Waals surface area contributed by atoms with Crippen molar-refractivity contribution < 1.29 is 49.0 Å². The highest BCUT2D eigenvalue weighted by atomic mass is 16.9. The number of hydrogen-bond donors (Lipinski definition) is 3. The van der Waals surface area contributed by atoms with Gasteiger partial charge < -0.3 is 34.4 Å². The van der Waals surface area contributed by atoms with E-state index in [2.05, 4.69) is 4.84 Å². The molecule has 5 atom stereocenters. The predicted octanol–water partition coefficient (Wildman–Crippen LogP) is 4.99. The number of benzene rings is 2. The minimum atomic E-state index is -0.874. The zero-order valence-corrected chi connectivity index (χ0v) is 26.9. The van der Waals surface area contributed by atoms with Gasteiger partial charge in [-0.15, -0.1) is 10.1 Å². The second kappa shape index (κ2) is 20.3. The molecule has 1 aliphatic carbocycles. The zero-order chi connectivity index (χ0) is 34.0. The molecule has 0 aliphatic heterocycles. The molecule has 47 heavy (non-hydrogen) atoms. The molecule has 2 aromatic rings. The molecule has 0 aromatic heterocycles. The summed E-state index contributed by atoms with van der Waals surface area (Å²) in [5, 5.41) is 40.9. The lowest BCUT2D eigenvalue weighted by Gasteiger charge is -2.23. The van der Waals surface area contributed by atoms with Gasteiger partial charge in [-0.05, 0) is 99.8 Å². The van der Waals surface area contributed by atoms with Crippen molar-refractivity contribution in [3.63, 3.8) is 0 Å². The van der Waals surface area contributed by atoms with Crippen molar-refractivity contribution in [1.82, 2.24) is 0 Å². The number of unbranched alkanes of at least 4 members (excludes halogenated alkanes) is 2. The second-order valence-electron chi connectivity index (χ2n) is 11.8. The summed E-state index contributed by atoms with van der Waals surface area (Å²) in [5.41, 5.74) is 1.39. The van der Waals surface area contributed by atoms with Crippen LogP contribution in [0.1, 0.15) is 80.1 Å². The molecule has 1 aliphatic rings. The monoisotopic (exact) mass is 657 g/mol. The number of carbonyl (C=O) groups is 2. The predicted molar refractivity (Wildman–Crippen MR) is 172 cm³/mol. The number of aliphatic hydroxyl groups excluding tert-OH is 3. The molecule has 0 radical (unpaired) electrons. The summed E-state index contributed by atoms with van der Waals surface area (Å²) >= 11 is 0. The molecular weight excluding hydrogens is 610 g/mol. The van der Waals surface area contributed by atoms with E-state index in [1.54, 1.807) is 0 Å². The first-order valence-corrected chi connectivity index (χ1v) is 16.2. The Bertz CT molecular complexity index is 1290. The first-order valence-electron chi connectivity index (χ1n) is 16.2. The van der Waals surface area contributed by atoms with Crippen molar-refractivity contribution in [2.24, 2.45) is 11.8 Å². The van der Waals surface area contributed by atoms with Crippen LogP contribution in [-0.2, 0) is 20.8 Å². The fraction of sp³-hybridized carbons (Fsp3) is 0.543. The van der Waals surface area contributed by atoms with E-state index in [1.165, 1.54) is 30.9 Å². The Hall–Kier alpha value is -4.00. The maximum Gasteiger partial charge on any atom is 0.338 e. The van der Waals surface area contributed by atoms with Crippen molar-refractivity contribution >= 4 is 11.9 Å². The van der Waals surface area contributed by atoms with Gasteiger partial charge in [0.1, 0.15) is 0 Å². The van der Waals surface area contributed by atoms with Crippen LogP contribution in [0, 0.1) is 22.0 Å².